The van der Waals surface area contributed by atoms with Crippen molar-refractivity contribution in [2.75, 3.05) is 0 Å². The molecule has 5 aromatic rings. The van der Waals surface area contributed by atoms with E-state index in [0.29, 0.717) is 0 Å². The van der Waals surface area contributed by atoms with Crippen LogP contribution in [0.15, 0.2) is 122 Å². The lowest BCUT2D eigenvalue weighted by Gasteiger charge is -2.11. The zero-order chi connectivity index (χ0) is 19.5. The summed E-state index contributed by atoms with van der Waals surface area (Å²) in [5, 5.41) is 0. The van der Waals surface area contributed by atoms with Crippen molar-refractivity contribution >= 4 is 0 Å². The second-order valence-electron chi connectivity index (χ2n) is 7.03. The molecule has 0 unspecified atom stereocenters. The van der Waals surface area contributed by atoms with Gasteiger partial charge < -0.3 is 4.57 Å². The molecule has 0 radical (unpaired) electrons. The molecule has 0 fully saturated rings. The first-order valence-electron chi connectivity index (χ1n) is 9.72. The lowest BCUT2D eigenvalue weighted by atomic mass is 9.98. The molecule has 138 valence electrons. The van der Waals surface area contributed by atoms with E-state index in [0.717, 1.165) is 16.9 Å². The number of hydrogen-bond acceptors (Lipinski definition) is 1. The van der Waals surface area contributed by atoms with E-state index in [9.17, 15) is 0 Å². The average molecular weight is 372 g/mol. The van der Waals surface area contributed by atoms with E-state index in [2.05, 4.69) is 94.6 Å². The Balaban J connectivity index is 1.64. The maximum absolute atomic E-state index is 4.63. The van der Waals surface area contributed by atoms with Crippen LogP contribution in [-0.2, 0) is 0 Å². The lowest BCUT2D eigenvalue weighted by molar-refractivity contribution is 1.06. The van der Waals surface area contributed by atoms with E-state index in [1.54, 1.807) is 0 Å². The molecule has 0 N–H and O–H groups in total. The predicted molar refractivity (Wildman–Crippen MR) is 120 cm³/mol. The van der Waals surface area contributed by atoms with Gasteiger partial charge in [0.25, 0.3) is 0 Å². The summed E-state index contributed by atoms with van der Waals surface area (Å²) in [5.74, 6) is 0. The summed E-state index contributed by atoms with van der Waals surface area (Å²) in [4.78, 5) is 4.63. The maximum Gasteiger partial charge on any atom is 0.0999 e. The van der Waals surface area contributed by atoms with Crippen molar-refractivity contribution in [3.8, 4) is 39.2 Å². The summed E-state index contributed by atoms with van der Waals surface area (Å²) >= 11 is 0. The van der Waals surface area contributed by atoms with Crippen LogP contribution in [0.2, 0.25) is 0 Å². The standard InChI is InChI=1S/C27H20N2/c1-4-10-21(11-5-1)24-16-25(22-12-6-2-7-13-22)18-26(17-24)29-19-27(28-20-29)23-14-8-3-9-15-23/h1-20H. The van der Waals surface area contributed by atoms with E-state index in [4.69, 9.17) is 0 Å². The van der Waals surface area contributed by atoms with Gasteiger partial charge in [-0.3, -0.25) is 0 Å². The zero-order valence-electron chi connectivity index (χ0n) is 15.9. The van der Waals surface area contributed by atoms with Crippen molar-refractivity contribution < 1.29 is 0 Å². The third-order valence-electron chi connectivity index (χ3n) is 5.08. The Bertz CT molecular complexity index is 1170. The lowest BCUT2D eigenvalue weighted by Crippen LogP contribution is -1.93. The molecule has 29 heavy (non-hydrogen) atoms. The second kappa shape index (κ2) is 7.61. The normalized spacial score (nSPS) is 10.8. The monoisotopic (exact) mass is 372 g/mol. The Kier molecular flexibility index (Phi) is 4.51. The second-order valence-corrected chi connectivity index (χ2v) is 7.03. The van der Waals surface area contributed by atoms with Gasteiger partial charge in [0.1, 0.15) is 0 Å². The molecule has 1 heterocycles. The van der Waals surface area contributed by atoms with Crippen LogP contribution in [0.4, 0.5) is 0 Å². The number of imidazole rings is 1. The molecule has 0 saturated heterocycles. The Morgan fingerprint density at radius 3 is 1.48 bits per heavy atom. The smallest absolute Gasteiger partial charge is 0.0999 e. The van der Waals surface area contributed by atoms with Gasteiger partial charge in [-0.2, -0.15) is 0 Å². The van der Waals surface area contributed by atoms with Crippen molar-refractivity contribution in [2.45, 2.75) is 0 Å². The average Bonchev–Trinajstić information content (AvgIpc) is 3.31. The quantitative estimate of drug-likeness (QED) is 0.336. The van der Waals surface area contributed by atoms with Gasteiger partial charge in [-0.15, -0.1) is 0 Å². The van der Waals surface area contributed by atoms with Gasteiger partial charge in [0.2, 0.25) is 0 Å². The van der Waals surface area contributed by atoms with E-state index < -0.39 is 0 Å². The fraction of sp³-hybridized carbons (Fsp3) is 0. The highest BCUT2D eigenvalue weighted by molar-refractivity contribution is 5.76. The van der Waals surface area contributed by atoms with Crippen LogP contribution < -0.4 is 0 Å². The van der Waals surface area contributed by atoms with Crippen LogP contribution in [0.5, 0.6) is 0 Å². The third-order valence-corrected chi connectivity index (χ3v) is 5.08. The first-order valence-corrected chi connectivity index (χ1v) is 9.72. The molecule has 4 aromatic carbocycles. The van der Waals surface area contributed by atoms with Crippen molar-refractivity contribution in [1.29, 1.82) is 0 Å². The zero-order valence-corrected chi connectivity index (χ0v) is 15.9. The van der Waals surface area contributed by atoms with Gasteiger partial charge in [-0.25, -0.2) is 4.98 Å². The highest BCUT2D eigenvalue weighted by Crippen LogP contribution is 2.30. The summed E-state index contributed by atoms with van der Waals surface area (Å²) in [6.45, 7) is 0. The minimum absolute atomic E-state index is 0.969. The van der Waals surface area contributed by atoms with Gasteiger partial charge in [0, 0.05) is 17.4 Å². The minimum atomic E-state index is 0.969. The van der Waals surface area contributed by atoms with Gasteiger partial charge >= 0.3 is 0 Å². The van der Waals surface area contributed by atoms with Crippen molar-refractivity contribution in [3.63, 3.8) is 0 Å². The molecule has 0 aliphatic rings. The van der Waals surface area contributed by atoms with E-state index >= 15 is 0 Å². The molecule has 2 heteroatoms. The van der Waals surface area contributed by atoms with Gasteiger partial charge in [0.05, 0.1) is 12.0 Å². The first-order chi connectivity index (χ1) is 14.4. The van der Waals surface area contributed by atoms with Crippen molar-refractivity contribution in [3.05, 3.63) is 122 Å². The summed E-state index contributed by atoms with van der Waals surface area (Å²) in [7, 11) is 0. The molecule has 0 saturated carbocycles. The van der Waals surface area contributed by atoms with Crippen molar-refractivity contribution in [1.82, 2.24) is 9.55 Å². The predicted octanol–water partition coefficient (Wildman–Crippen LogP) is 6.87. The van der Waals surface area contributed by atoms with E-state index in [-0.39, 0.29) is 0 Å². The highest BCUT2D eigenvalue weighted by atomic mass is 15.0. The highest BCUT2D eigenvalue weighted by Gasteiger charge is 2.08. The Labute approximate surface area is 170 Å². The molecule has 5 rings (SSSR count). The fourth-order valence-electron chi connectivity index (χ4n) is 3.58. The van der Waals surface area contributed by atoms with Crippen LogP contribution in [0.25, 0.3) is 39.2 Å². The maximum atomic E-state index is 4.63. The number of nitrogens with zero attached hydrogens (tertiary/aromatic N) is 2. The van der Waals surface area contributed by atoms with Crippen LogP contribution in [-0.4, -0.2) is 9.55 Å². The molecule has 0 amide bonds. The Hall–Kier alpha value is -3.91. The van der Waals surface area contributed by atoms with Gasteiger partial charge in [0.15, 0.2) is 0 Å². The fourth-order valence-corrected chi connectivity index (χ4v) is 3.58. The van der Waals surface area contributed by atoms with Gasteiger partial charge in [-0.1, -0.05) is 91.0 Å². The largest absolute Gasteiger partial charge is 0.306 e. The van der Waals surface area contributed by atoms with E-state index in [1.807, 2.05) is 36.7 Å². The molecule has 0 aliphatic heterocycles. The summed E-state index contributed by atoms with van der Waals surface area (Å²) in [5.41, 5.74) is 7.98. The summed E-state index contributed by atoms with van der Waals surface area (Å²) in [6, 6.07) is 38.0. The molecule has 0 spiro atoms. The van der Waals surface area contributed by atoms with E-state index in [1.165, 1.54) is 22.3 Å². The number of aromatic nitrogens is 2. The third kappa shape index (κ3) is 3.61. The first kappa shape index (κ1) is 17.2. The molecular weight excluding hydrogens is 352 g/mol. The van der Waals surface area contributed by atoms with Gasteiger partial charge in [-0.05, 0) is 40.5 Å². The molecular formula is C27H20N2. The molecule has 0 atom stereocenters. The van der Waals surface area contributed by atoms with Crippen LogP contribution in [0.3, 0.4) is 0 Å². The summed E-state index contributed by atoms with van der Waals surface area (Å²) in [6.07, 6.45) is 3.98. The Morgan fingerprint density at radius 2 is 0.966 bits per heavy atom. The molecule has 1 aromatic heterocycles. The van der Waals surface area contributed by atoms with Crippen LogP contribution >= 0.6 is 0 Å². The topological polar surface area (TPSA) is 17.8 Å². The molecule has 2 nitrogen and oxygen atoms in total. The van der Waals surface area contributed by atoms with Crippen LogP contribution in [0, 0.1) is 0 Å². The summed E-state index contributed by atoms with van der Waals surface area (Å²) < 4.78 is 2.10. The molecule has 0 aliphatic carbocycles. The Morgan fingerprint density at radius 1 is 0.483 bits per heavy atom. The SMILES string of the molecule is c1ccc(-c2cc(-c3ccccc3)cc(-n3cnc(-c4ccccc4)c3)c2)cc1. The minimum Gasteiger partial charge on any atom is -0.306 e. The number of benzene rings is 4. The van der Waals surface area contributed by atoms with Crippen LogP contribution in [0.1, 0.15) is 0 Å². The number of hydrogen-bond donors (Lipinski definition) is 0. The number of rotatable bonds is 4. The van der Waals surface area contributed by atoms with Crippen molar-refractivity contribution in [2.24, 2.45) is 0 Å². The molecule has 0 bridgehead atoms.